The fourth-order valence-electron chi connectivity index (χ4n) is 10.1. The predicted molar refractivity (Wildman–Crippen MR) is 229 cm³/mol. The zero-order valence-electron chi connectivity index (χ0n) is 38.9. The first-order valence-electron chi connectivity index (χ1n) is 22.1. The Morgan fingerprint density at radius 3 is 2.37 bits per heavy atom. The first-order valence-corrected chi connectivity index (χ1v) is 22.1. The van der Waals surface area contributed by atoms with E-state index >= 15 is 4.39 Å². The molecule has 13 atom stereocenters. The number of amides is 1. The largest absolute Gasteiger partial charge is 0.455 e. The molecule has 3 aliphatic heterocycles. The van der Waals surface area contributed by atoms with E-state index in [2.05, 4.69) is 23.8 Å². The smallest absolute Gasteiger partial charge is 0.410 e. The van der Waals surface area contributed by atoms with Gasteiger partial charge in [0, 0.05) is 67.1 Å². The number of alkyl halides is 1. The summed E-state index contributed by atoms with van der Waals surface area (Å²) in [5, 5.41) is 11.5. The van der Waals surface area contributed by atoms with E-state index in [-0.39, 0.29) is 43.7 Å². The number of nitrogens with zero attached hydrogens (tertiary/aromatic N) is 5. The number of esters is 1. The van der Waals surface area contributed by atoms with Gasteiger partial charge in [0.05, 0.1) is 35.9 Å². The lowest BCUT2D eigenvalue weighted by Gasteiger charge is -2.47. The Hall–Kier alpha value is -3.83. The van der Waals surface area contributed by atoms with Gasteiger partial charge in [-0.25, -0.2) is 19.0 Å². The number of hydrogen-bond acceptors (Lipinski definition) is 13. The first kappa shape index (κ1) is 49.2. The van der Waals surface area contributed by atoms with Crippen molar-refractivity contribution in [2.45, 2.75) is 173 Å². The molecule has 15 nitrogen and oxygen atoms in total. The van der Waals surface area contributed by atoms with Gasteiger partial charge in [0.15, 0.2) is 17.7 Å². The van der Waals surface area contributed by atoms with Gasteiger partial charge < -0.3 is 43.2 Å². The molecule has 5 heterocycles. The van der Waals surface area contributed by atoms with Crippen LogP contribution in [0.15, 0.2) is 37.1 Å². The molecule has 0 aromatic carbocycles. The summed E-state index contributed by atoms with van der Waals surface area (Å²) in [6, 6.07) is 2.50. The zero-order chi connectivity index (χ0) is 46.1. The van der Waals surface area contributed by atoms with E-state index < -0.39 is 88.7 Å². The number of cyclic esters (lactones) is 1. The highest BCUT2D eigenvalue weighted by molar-refractivity contribution is 6.08. The van der Waals surface area contributed by atoms with Crippen molar-refractivity contribution in [2.75, 3.05) is 27.7 Å². The highest BCUT2D eigenvalue weighted by atomic mass is 19.1. The zero-order valence-corrected chi connectivity index (χ0v) is 38.9. The lowest BCUT2D eigenvalue weighted by Crippen LogP contribution is -2.62. The number of aliphatic hydroxyl groups is 1. The van der Waals surface area contributed by atoms with Crippen molar-refractivity contribution in [1.29, 1.82) is 0 Å². The number of pyridine rings is 1. The second-order valence-electron chi connectivity index (χ2n) is 19.0. The van der Waals surface area contributed by atoms with Crippen LogP contribution in [-0.4, -0.2) is 140 Å². The lowest BCUT2D eigenvalue weighted by molar-refractivity contribution is -0.295. The minimum Gasteiger partial charge on any atom is -0.455 e. The molecule has 62 heavy (non-hydrogen) atoms. The van der Waals surface area contributed by atoms with Crippen molar-refractivity contribution < 1.29 is 52.4 Å². The summed E-state index contributed by atoms with van der Waals surface area (Å²) in [7, 11) is 5.06. The van der Waals surface area contributed by atoms with Crippen molar-refractivity contribution in [1.82, 2.24) is 24.3 Å². The van der Waals surface area contributed by atoms with Crippen LogP contribution in [0.25, 0.3) is 11.3 Å². The third kappa shape index (κ3) is 9.50. The molecule has 3 fully saturated rings. The molecule has 16 heteroatoms. The first-order chi connectivity index (χ1) is 29.0. The van der Waals surface area contributed by atoms with E-state index in [9.17, 15) is 24.3 Å². The van der Waals surface area contributed by atoms with Gasteiger partial charge in [-0.2, -0.15) is 0 Å². The van der Waals surface area contributed by atoms with Crippen molar-refractivity contribution in [2.24, 2.45) is 17.8 Å². The lowest BCUT2D eigenvalue weighted by atomic mass is 9.72. The molecule has 1 amide bonds. The van der Waals surface area contributed by atoms with Crippen LogP contribution in [0, 0.1) is 17.8 Å². The van der Waals surface area contributed by atoms with Crippen molar-refractivity contribution in [3.63, 3.8) is 0 Å². The molecule has 1 unspecified atom stereocenters. The fourth-order valence-corrected chi connectivity index (χ4v) is 10.1. The van der Waals surface area contributed by atoms with Crippen LogP contribution in [0.1, 0.15) is 108 Å². The number of hydrogen-bond donors (Lipinski definition) is 1. The maximum Gasteiger partial charge on any atom is 0.410 e. The quantitative estimate of drug-likeness (QED) is 0.191. The number of fused-ring (bicyclic) bond motifs is 1. The van der Waals surface area contributed by atoms with Crippen LogP contribution in [0.4, 0.5) is 9.18 Å². The maximum absolute atomic E-state index is 17.1. The summed E-state index contributed by atoms with van der Waals surface area (Å²) in [6.07, 6.45) is 3.06. The third-order valence-electron chi connectivity index (χ3n) is 14.0. The predicted octanol–water partition coefficient (Wildman–Crippen LogP) is 6.15. The van der Waals surface area contributed by atoms with Crippen molar-refractivity contribution >= 4 is 23.6 Å². The molecule has 1 N–H and O–H groups in total. The highest BCUT2D eigenvalue weighted by Gasteiger charge is 2.63. The average molecular weight is 872 g/mol. The number of carbonyl (C=O) groups is 4. The normalized spacial score (nSPS) is 36.6. The number of ketones is 2. The Bertz CT molecular complexity index is 1890. The Balaban J connectivity index is 1.51. The number of likely N-dealkylation sites (N-methyl/N-ethyl adjacent to an activating group) is 1. The molecule has 0 spiro atoms. The van der Waals surface area contributed by atoms with Crippen LogP contribution in [0.5, 0.6) is 0 Å². The molecule has 3 aliphatic rings. The van der Waals surface area contributed by atoms with Gasteiger partial charge in [0.25, 0.3) is 5.67 Å². The van der Waals surface area contributed by atoms with E-state index in [1.807, 2.05) is 48.8 Å². The van der Waals surface area contributed by atoms with Crippen LogP contribution < -0.4 is 0 Å². The number of halogens is 1. The molecule has 0 aliphatic carbocycles. The molecular weight excluding hydrogens is 802 g/mol. The molecule has 0 saturated carbocycles. The average Bonchev–Trinajstić information content (AvgIpc) is 3.85. The van der Waals surface area contributed by atoms with Crippen LogP contribution >= 0.6 is 0 Å². The Kier molecular flexibility index (Phi) is 15.2. The minimum absolute atomic E-state index is 0.00410. The number of carbonyl (C=O) groups excluding carboxylic acids is 4. The number of ether oxygens (including phenoxy) is 5. The van der Waals surface area contributed by atoms with E-state index in [0.717, 1.165) is 18.2 Å². The van der Waals surface area contributed by atoms with E-state index in [1.54, 1.807) is 58.2 Å². The van der Waals surface area contributed by atoms with Crippen LogP contribution in [0.2, 0.25) is 0 Å². The summed E-state index contributed by atoms with van der Waals surface area (Å²) in [4.78, 5) is 69.8. The molecule has 2 aromatic rings. The molecule has 5 rings (SSSR count). The molecule has 2 aromatic heterocycles. The third-order valence-corrected chi connectivity index (χ3v) is 14.0. The van der Waals surface area contributed by atoms with Crippen molar-refractivity contribution in [3.8, 4) is 11.3 Å². The van der Waals surface area contributed by atoms with Gasteiger partial charge >= 0.3 is 12.1 Å². The Labute approximate surface area is 366 Å². The highest BCUT2D eigenvalue weighted by Crippen LogP contribution is 2.45. The summed E-state index contributed by atoms with van der Waals surface area (Å²) in [5.74, 6) is -5.79. The Morgan fingerprint density at radius 2 is 1.77 bits per heavy atom. The van der Waals surface area contributed by atoms with Gasteiger partial charge in [-0.1, -0.05) is 34.6 Å². The van der Waals surface area contributed by atoms with E-state index in [0.29, 0.717) is 19.3 Å². The fraction of sp³-hybridized carbons (Fsp3) is 0.739. The molecule has 346 valence electrons. The van der Waals surface area contributed by atoms with Gasteiger partial charge in [-0.3, -0.25) is 14.6 Å². The molecule has 3 saturated heterocycles. The van der Waals surface area contributed by atoms with Crippen LogP contribution in [-0.2, 0) is 43.6 Å². The second kappa shape index (κ2) is 19.1. The van der Waals surface area contributed by atoms with E-state index in [1.165, 1.54) is 14.0 Å². The summed E-state index contributed by atoms with van der Waals surface area (Å²) < 4.78 is 50.1. The Morgan fingerprint density at radius 1 is 1.08 bits per heavy atom. The van der Waals surface area contributed by atoms with Gasteiger partial charge in [-0.15, -0.1) is 0 Å². The number of aromatic nitrogens is 3. The van der Waals surface area contributed by atoms with E-state index in [4.69, 9.17) is 23.7 Å². The number of imidazole rings is 1. The van der Waals surface area contributed by atoms with Crippen molar-refractivity contribution in [3.05, 3.63) is 37.1 Å². The molecular formula is C46H70FN5O10. The summed E-state index contributed by atoms with van der Waals surface area (Å²) in [6.45, 7) is 17.2. The molecule has 0 radical (unpaired) electrons. The van der Waals surface area contributed by atoms with Crippen LogP contribution in [0.3, 0.4) is 0 Å². The number of aliphatic hydroxyl groups excluding tert-OH is 1. The topological polar surface area (TPSA) is 172 Å². The molecule has 0 bridgehead atoms. The monoisotopic (exact) mass is 872 g/mol. The SMILES string of the molecule is CC[C@H]1OC(=O)[C@@](C)(F)C(=O)[C@H](C)[C@@H](OC2O[C@H](C)C[C@H](N(C)C)[C@H]2O)[C@@](C)(OC)C[C@@H](C)C(=O)[C@H](C)[C@H]2N(CCCC(C)(C)n3cnc(-c4cccnc4)c3)C(=O)O[C@]12CC. The van der Waals surface area contributed by atoms with Gasteiger partial charge in [-0.05, 0) is 99.4 Å². The standard InChI is InChI=1S/C46H70FN5O10/c1-14-34-46(15-2)37(52(42(57)62-46)21-17-19-43(7,8)51-25-32(49-26-51)31-18-16-20-48-24-31)29(5)35(53)27(3)23-44(9,58-13)39(30(6)38(55)45(10,47)41(56)60-34)61-40-36(54)33(50(11)12)22-28(4)59-40/h16,18,20,24-30,33-34,36-37,39-40,54H,14-15,17,19,21-23H2,1-13H3/t27-,28-,29+,30+,33+,34-,36-,37-,39-,40?,44+,45+,46-/m1/s1. The maximum atomic E-state index is 17.1. The van der Waals surface area contributed by atoms with Gasteiger partial charge in [0.2, 0.25) is 0 Å². The number of Topliss-reactive ketones (excluding diaryl/α,β-unsaturated/α-hetero) is 2. The minimum atomic E-state index is -3.19. The summed E-state index contributed by atoms with van der Waals surface area (Å²) in [5.41, 5.74) is -4.98. The number of rotatable bonds is 12. The van der Waals surface area contributed by atoms with Gasteiger partial charge in [0.1, 0.15) is 18.0 Å². The number of methoxy groups -OCH3 is 1. The second-order valence-corrected chi connectivity index (χ2v) is 19.0. The summed E-state index contributed by atoms with van der Waals surface area (Å²) >= 11 is 0.